The first-order chi connectivity index (χ1) is 8.68. The summed E-state index contributed by atoms with van der Waals surface area (Å²) < 4.78 is 37.0. The van der Waals surface area contributed by atoms with Crippen LogP contribution in [-0.2, 0) is 9.84 Å². The summed E-state index contributed by atoms with van der Waals surface area (Å²) in [5, 5.41) is 8.64. The Balaban J connectivity index is 2.77. The number of hydrogen-bond acceptors (Lipinski definition) is 3. The smallest absolute Gasteiger partial charge is 0.178 e. The normalized spacial score (nSPS) is 12.2. The molecular formula is C13H15ClFNO2S. The van der Waals surface area contributed by atoms with Crippen molar-refractivity contribution in [2.24, 2.45) is 5.41 Å². The van der Waals surface area contributed by atoms with Crippen LogP contribution in [0.4, 0.5) is 4.39 Å². The minimum Gasteiger partial charge on any atom is -0.224 e. The van der Waals surface area contributed by atoms with E-state index in [1.165, 1.54) is 6.07 Å². The molecule has 0 saturated carbocycles. The lowest BCUT2D eigenvalue weighted by molar-refractivity contribution is 0.445. The van der Waals surface area contributed by atoms with Crippen molar-refractivity contribution in [3.63, 3.8) is 0 Å². The Bertz CT molecular complexity index is 606. The number of nitrogens with zero attached hydrogens (tertiary/aromatic N) is 1. The minimum atomic E-state index is -3.49. The van der Waals surface area contributed by atoms with E-state index in [2.05, 4.69) is 6.07 Å². The zero-order valence-corrected chi connectivity index (χ0v) is 12.4. The fourth-order valence-electron chi connectivity index (χ4n) is 1.55. The molecule has 0 aliphatic rings. The highest BCUT2D eigenvalue weighted by molar-refractivity contribution is 7.91. The van der Waals surface area contributed by atoms with Crippen LogP contribution in [0, 0.1) is 22.6 Å². The van der Waals surface area contributed by atoms with E-state index < -0.39 is 21.1 Å². The molecule has 6 heteroatoms. The van der Waals surface area contributed by atoms with Crippen molar-refractivity contribution in [3.8, 4) is 6.07 Å². The van der Waals surface area contributed by atoms with Gasteiger partial charge >= 0.3 is 0 Å². The van der Waals surface area contributed by atoms with Gasteiger partial charge in [0.1, 0.15) is 5.82 Å². The van der Waals surface area contributed by atoms with Gasteiger partial charge in [0.2, 0.25) is 0 Å². The first-order valence-electron chi connectivity index (χ1n) is 5.77. The Labute approximate surface area is 117 Å². The second kappa shape index (κ2) is 5.89. The summed E-state index contributed by atoms with van der Waals surface area (Å²) in [6.45, 7) is 3.52. The van der Waals surface area contributed by atoms with Crippen molar-refractivity contribution in [1.82, 2.24) is 0 Å². The average Bonchev–Trinajstić information content (AvgIpc) is 2.32. The van der Waals surface area contributed by atoms with Gasteiger partial charge < -0.3 is 0 Å². The van der Waals surface area contributed by atoms with Crippen molar-refractivity contribution in [2.45, 2.75) is 31.6 Å². The zero-order chi connectivity index (χ0) is 14.7. The molecule has 0 aromatic heterocycles. The van der Waals surface area contributed by atoms with Crippen LogP contribution in [0.3, 0.4) is 0 Å². The standard InChI is InChI=1S/C13H15ClFNO2S/c1-13(2,9-16)6-3-7-19(17,18)10-4-5-12(15)11(14)8-10/h4-5,8H,3,6-7H2,1-2H3. The van der Waals surface area contributed by atoms with Gasteiger partial charge in [0.05, 0.1) is 27.2 Å². The van der Waals surface area contributed by atoms with Gasteiger partial charge in [0.15, 0.2) is 9.84 Å². The van der Waals surface area contributed by atoms with Gasteiger partial charge in [0, 0.05) is 0 Å². The molecule has 0 aliphatic carbocycles. The molecule has 0 amide bonds. The van der Waals surface area contributed by atoms with E-state index in [0.717, 1.165) is 12.1 Å². The van der Waals surface area contributed by atoms with Crippen molar-refractivity contribution < 1.29 is 12.8 Å². The third kappa shape index (κ3) is 4.48. The van der Waals surface area contributed by atoms with Gasteiger partial charge in [-0.2, -0.15) is 5.26 Å². The molecule has 0 heterocycles. The molecule has 3 nitrogen and oxygen atoms in total. The second-order valence-corrected chi connectivity index (χ2v) is 7.51. The average molecular weight is 304 g/mol. The predicted molar refractivity (Wildman–Crippen MR) is 72.1 cm³/mol. The molecule has 0 aliphatic heterocycles. The van der Waals surface area contributed by atoms with E-state index in [0.29, 0.717) is 12.8 Å². The van der Waals surface area contributed by atoms with Crippen molar-refractivity contribution in [2.75, 3.05) is 5.75 Å². The second-order valence-electron chi connectivity index (χ2n) is 4.99. The molecule has 0 fully saturated rings. The van der Waals surface area contributed by atoms with Crippen LogP contribution < -0.4 is 0 Å². The van der Waals surface area contributed by atoms with E-state index in [9.17, 15) is 12.8 Å². The van der Waals surface area contributed by atoms with Crippen LogP contribution in [0.5, 0.6) is 0 Å². The van der Waals surface area contributed by atoms with Gasteiger partial charge in [-0.25, -0.2) is 12.8 Å². The topological polar surface area (TPSA) is 57.9 Å². The van der Waals surface area contributed by atoms with E-state index in [1.807, 2.05) is 0 Å². The number of benzene rings is 1. The maximum absolute atomic E-state index is 13.0. The van der Waals surface area contributed by atoms with Crippen molar-refractivity contribution >= 4 is 21.4 Å². The summed E-state index contributed by atoms with van der Waals surface area (Å²) in [4.78, 5) is 0.00802. The molecule has 0 spiro atoms. The molecule has 0 bridgehead atoms. The predicted octanol–water partition coefficient (Wildman–Crippen LogP) is 3.58. The minimum absolute atomic E-state index is 0.00802. The first kappa shape index (κ1) is 15.9. The lowest BCUT2D eigenvalue weighted by atomic mass is 9.90. The van der Waals surface area contributed by atoms with E-state index in [1.54, 1.807) is 13.8 Å². The van der Waals surface area contributed by atoms with E-state index in [-0.39, 0.29) is 15.7 Å². The van der Waals surface area contributed by atoms with Crippen LogP contribution in [-0.4, -0.2) is 14.2 Å². The number of hydrogen-bond donors (Lipinski definition) is 0. The molecule has 1 rings (SSSR count). The van der Waals surface area contributed by atoms with Crippen LogP contribution in [0.15, 0.2) is 23.1 Å². The van der Waals surface area contributed by atoms with Crippen LogP contribution >= 0.6 is 11.6 Å². The summed E-state index contributed by atoms with van der Waals surface area (Å²) in [7, 11) is -3.49. The van der Waals surface area contributed by atoms with Crippen molar-refractivity contribution in [3.05, 3.63) is 29.0 Å². The molecular weight excluding hydrogens is 289 g/mol. The largest absolute Gasteiger partial charge is 0.224 e. The summed E-state index contributed by atoms with van der Waals surface area (Å²) >= 11 is 5.57. The SMILES string of the molecule is CC(C)(C#N)CCCS(=O)(=O)c1ccc(F)c(Cl)c1. The molecule has 1 aromatic carbocycles. The molecule has 0 radical (unpaired) electrons. The molecule has 0 atom stereocenters. The monoisotopic (exact) mass is 303 g/mol. The summed E-state index contributed by atoms with van der Waals surface area (Å²) in [6, 6.07) is 5.47. The zero-order valence-electron chi connectivity index (χ0n) is 10.8. The Kier molecular flexibility index (Phi) is 4.94. The quantitative estimate of drug-likeness (QED) is 0.781. The molecule has 1 aromatic rings. The maximum atomic E-state index is 13.0. The van der Waals surface area contributed by atoms with Crippen molar-refractivity contribution in [1.29, 1.82) is 5.26 Å². The van der Waals surface area contributed by atoms with E-state index in [4.69, 9.17) is 16.9 Å². The Hall–Kier alpha value is -1.12. The third-order valence-corrected chi connectivity index (χ3v) is 4.86. The third-order valence-electron chi connectivity index (χ3n) is 2.77. The highest BCUT2D eigenvalue weighted by atomic mass is 35.5. The molecule has 19 heavy (non-hydrogen) atoms. The highest BCUT2D eigenvalue weighted by Crippen LogP contribution is 2.24. The Morgan fingerprint density at radius 2 is 2.05 bits per heavy atom. The molecule has 0 N–H and O–H groups in total. The molecule has 0 unspecified atom stereocenters. The summed E-state index contributed by atoms with van der Waals surface area (Å²) in [5.41, 5.74) is -0.546. The van der Waals surface area contributed by atoms with Gasteiger partial charge in [-0.3, -0.25) is 0 Å². The van der Waals surface area contributed by atoms with Crippen LogP contribution in [0.2, 0.25) is 5.02 Å². The van der Waals surface area contributed by atoms with Gasteiger partial charge in [-0.15, -0.1) is 0 Å². The maximum Gasteiger partial charge on any atom is 0.178 e. The Morgan fingerprint density at radius 3 is 2.58 bits per heavy atom. The number of sulfone groups is 1. The number of nitriles is 1. The molecule has 0 saturated heterocycles. The summed E-state index contributed by atoms with van der Waals surface area (Å²) in [6.07, 6.45) is 0.857. The number of halogens is 2. The fraction of sp³-hybridized carbons (Fsp3) is 0.462. The Morgan fingerprint density at radius 1 is 1.42 bits per heavy atom. The lowest BCUT2D eigenvalue weighted by Crippen LogP contribution is -2.12. The van der Waals surface area contributed by atoms with Gasteiger partial charge in [-0.05, 0) is 44.9 Å². The van der Waals surface area contributed by atoms with Gasteiger partial charge in [-0.1, -0.05) is 11.6 Å². The lowest BCUT2D eigenvalue weighted by Gasteiger charge is -2.14. The highest BCUT2D eigenvalue weighted by Gasteiger charge is 2.20. The fourth-order valence-corrected chi connectivity index (χ4v) is 3.13. The van der Waals surface area contributed by atoms with Gasteiger partial charge in [0.25, 0.3) is 0 Å². The number of rotatable bonds is 5. The summed E-state index contributed by atoms with van der Waals surface area (Å²) in [5.74, 6) is -0.730. The first-order valence-corrected chi connectivity index (χ1v) is 7.80. The van der Waals surface area contributed by atoms with Crippen LogP contribution in [0.25, 0.3) is 0 Å². The molecule has 104 valence electrons. The van der Waals surface area contributed by atoms with Crippen LogP contribution in [0.1, 0.15) is 26.7 Å². The van der Waals surface area contributed by atoms with E-state index >= 15 is 0 Å².